The van der Waals surface area contributed by atoms with Crippen LogP contribution in [0.3, 0.4) is 0 Å². The average molecular weight is 511 g/mol. The van der Waals surface area contributed by atoms with Crippen molar-refractivity contribution in [3.8, 4) is 0 Å². The average Bonchev–Trinajstić information content (AvgIpc) is 2.60. The van der Waals surface area contributed by atoms with Gasteiger partial charge in [-0.1, -0.05) is 0 Å². The van der Waals surface area contributed by atoms with Crippen LogP contribution >= 0.6 is 23.2 Å². The molecule has 0 fully saturated rings. The molecule has 3 unspecified atom stereocenters. The molecule has 180 valence electrons. The Hall–Kier alpha value is -0.520. The van der Waals surface area contributed by atoms with E-state index in [0.29, 0.717) is 12.5 Å². The van der Waals surface area contributed by atoms with E-state index < -0.39 is 62.1 Å². The standard InChI is InChI=1S/C9H21FNO16P3/c1-28(12,13)21-4-2-19-25-27-26-20-3-5-22-30(17,18)24-8-9(6-11-10)7-23-29(14,15)16/h2,4,9,11H,3,5-8H2,1H3,(H,12,13)(H,17,18)(H2,14,15,16)/b4-2+. The van der Waals surface area contributed by atoms with E-state index >= 15 is 0 Å². The normalized spacial score (nSPS) is 17.4. The van der Waals surface area contributed by atoms with Crippen molar-refractivity contribution in [2.75, 3.05) is 39.6 Å². The monoisotopic (exact) mass is 511 g/mol. The van der Waals surface area contributed by atoms with E-state index in [0.717, 1.165) is 6.66 Å². The molecule has 21 heteroatoms. The van der Waals surface area contributed by atoms with Gasteiger partial charge in [-0.2, -0.15) is 5.54 Å². The van der Waals surface area contributed by atoms with E-state index in [9.17, 15) is 23.1 Å². The Labute approximate surface area is 168 Å². The van der Waals surface area contributed by atoms with E-state index in [1.54, 1.807) is 0 Å². The van der Waals surface area contributed by atoms with Crippen LogP contribution in [0, 0.1) is 5.92 Å². The van der Waals surface area contributed by atoms with Crippen LogP contribution in [0.25, 0.3) is 0 Å². The fourth-order valence-corrected chi connectivity index (χ4v) is 2.62. The summed E-state index contributed by atoms with van der Waals surface area (Å²) in [4.78, 5) is 43.7. The molecule has 5 N–H and O–H groups in total. The van der Waals surface area contributed by atoms with Crippen molar-refractivity contribution in [3.05, 3.63) is 12.5 Å². The molecule has 0 heterocycles. The summed E-state index contributed by atoms with van der Waals surface area (Å²) in [6.45, 7) is -1.91. The molecule has 0 aliphatic carbocycles. The van der Waals surface area contributed by atoms with Gasteiger partial charge in [-0.15, -0.1) is 4.48 Å². The Morgan fingerprint density at radius 3 is 2.20 bits per heavy atom. The summed E-state index contributed by atoms with van der Waals surface area (Å²) in [5, 5.41) is 11.6. The second-order valence-electron chi connectivity index (χ2n) is 4.89. The largest absolute Gasteiger partial charge is 0.472 e. The molecule has 0 aromatic rings. The van der Waals surface area contributed by atoms with Crippen molar-refractivity contribution < 1.29 is 80.7 Å². The summed E-state index contributed by atoms with van der Waals surface area (Å²) in [6.07, 6.45) is 1.36. The molecular weight excluding hydrogens is 490 g/mol. The third kappa shape index (κ3) is 20.7. The van der Waals surface area contributed by atoms with Crippen molar-refractivity contribution >= 4 is 23.2 Å². The lowest BCUT2D eigenvalue weighted by Gasteiger charge is -2.18. The summed E-state index contributed by atoms with van der Waals surface area (Å²) in [6, 6.07) is 0. The Balaban J connectivity index is 3.87. The molecule has 0 aliphatic rings. The van der Waals surface area contributed by atoms with Crippen molar-refractivity contribution in [3.63, 3.8) is 0 Å². The van der Waals surface area contributed by atoms with Gasteiger partial charge in [-0.25, -0.2) is 18.6 Å². The van der Waals surface area contributed by atoms with E-state index in [2.05, 4.69) is 43.0 Å². The second kappa shape index (κ2) is 15.3. The number of hydrogen-bond donors (Lipinski definition) is 5. The van der Waals surface area contributed by atoms with Gasteiger partial charge in [0.15, 0.2) is 6.26 Å². The van der Waals surface area contributed by atoms with Gasteiger partial charge in [0.25, 0.3) is 0 Å². The number of phosphoric ester groups is 2. The zero-order chi connectivity index (χ0) is 23.1. The topological polar surface area (TPSA) is 227 Å². The minimum absolute atomic E-state index is 0.476. The third-order valence-corrected chi connectivity index (χ3v) is 4.23. The van der Waals surface area contributed by atoms with Crippen LogP contribution in [0.4, 0.5) is 4.48 Å². The summed E-state index contributed by atoms with van der Waals surface area (Å²) >= 11 is 0. The maximum atomic E-state index is 12.2. The minimum Gasteiger partial charge on any atom is -0.429 e. The minimum atomic E-state index is -4.82. The van der Waals surface area contributed by atoms with Crippen LogP contribution in [-0.2, 0) is 56.7 Å². The first-order valence-corrected chi connectivity index (χ1v) is 12.5. The molecule has 0 aliphatic heterocycles. The van der Waals surface area contributed by atoms with Gasteiger partial charge >= 0.3 is 23.2 Å². The van der Waals surface area contributed by atoms with Gasteiger partial charge in [0, 0.05) is 29.2 Å². The zero-order valence-electron chi connectivity index (χ0n) is 15.2. The Kier molecular flexibility index (Phi) is 15.0. The van der Waals surface area contributed by atoms with Gasteiger partial charge in [-0.3, -0.25) is 13.6 Å². The number of hydrogen-bond acceptors (Lipinski definition) is 13. The summed E-state index contributed by atoms with van der Waals surface area (Å²) in [5.74, 6) is -1.03. The van der Waals surface area contributed by atoms with Crippen molar-refractivity contribution in [2.24, 2.45) is 5.92 Å². The SMILES string of the molecule is CP(=O)(O)O/C=C/OOOOOCCOP(=O)(O)OCC(CNF)COP(=O)(O)O. The quantitative estimate of drug-likeness (QED) is 0.0394. The predicted molar refractivity (Wildman–Crippen MR) is 88.6 cm³/mol. The molecule has 0 rings (SSSR count). The highest BCUT2D eigenvalue weighted by Crippen LogP contribution is 2.43. The number of halogens is 1. The first kappa shape index (κ1) is 29.5. The highest BCUT2D eigenvalue weighted by atomic mass is 31.2. The third-order valence-electron chi connectivity index (χ3n) is 2.25. The lowest BCUT2D eigenvalue weighted by molar-refractivity contribution is -0.700. The predicted octanol–water partition coefficient (Wildman–Crippen LogP) is 0.366. The fourth-order valence-electron chi connectivity index (χ4n) is 1.17. The van der Waals surface area contributed by atoms with Crippen LogP contribution in [0.5, 0.6) is 0 Å². The van der Waals surface area contributed by atoms with Gasteiger partial charge in [0.1, 0.15) is 12.9 Å². The maximum absolute atomic E-state index is 12.2. The molecule has 17 nitrogen and oxygen atoms in total. The summed E-state index contributed by atoms with van der Waals surface area (Å²) in [5.41, 5.74) is 1.20. The van der Waals surface area contributed by atoms with Crippen molar-refractivity contribution in [2.45, 2.75) is 0 Å². The lowest BCUT2D eigenvalue weighted by Crippen LogP contribution is -2.25. The van der Waals surface area contributed by atoms with Crippen LogP contribution in [0.2, 0.25) is 0 Å². The van der Waals surface area contributed by atoms with Crippen molar-refractivity contribution in [1.29, 1.82) is 0 Å². The zero-order valence-corrected chi connectivity index (χ0v) is 17.9. The Morgan fingerprint density at radius 2 is 1.60 bits per heavy atom. The molecule has 0 aromatic carbocycles. The molecule has 0 saturated heterocycles. The van der Waals surface area contributed by atoms with Crippen LogP contribution < -0.4 is 5.54 Å². The second-order valence-corrected chi connectivity index (χ2v) is 9.40. The smallest absolute Gasteiger partial charge is 0.429 e. The van der Waals surface area contributed by atoms with E-state index in [-0.39, 0.29) is 0 Å². The molecular formula is C9H21FNO16P3. The first-order chi connectivity index (χ1) is 13.8. The Morgan fingerprint density at radius 1 is 0.933 bits per heavy atom. The van der Waals surface area contributed by atoms with Gasteiger partial charge in [0.05, 0.1) is 19.8 Å². The van der Waals surface area contributed by atoms with E-state index in [1.165, 1.54) is 5.54 Å². The molecule has 30 heavy (non-hydrogen) atoms. The molecule has 0 aromatic heterocycles. The highest BCUT2D eigenvalue weighted by molar-refractivity contribution is 7.52. The van der Waals surface area contributed by atoms with Gasteiger partial charge in [0.2, 0.25) is 0 Å². The molecule has 0 bridgehead atoms. The summed E-state index contributed by atoms with van der Waals surface area (Å²) in [7, 11) is -13.2. The molecule has 0 radical (unpaired) electrons. The molecule has 3 atom stereocenters. The van der Waals surface area contributed by atoms with Crippen LogP contribution in [0.1, 0.15) is 0 Å². The van der Waals surface area contributed by atoms with Crippen LogP contribution in [0.15, 0.2) is 12.5 Å². The first-order valence-electron chi connectivity index (χ1n) is 7.42. The maximum Gasteiger partial charge on any atom is 0.472 e. The molecule has 0 amide bonds. The molecule has 0 spiro atoms. The van der Waals surface area contributed by atoms with Gasteiger partial charge in [-0.05, 0) is 5.04 Å². The number of rotatable bonds is 19. The van der Waals surface area contributed by atoms with E-state index in [1.807, 2.05) is 0 Å². The number of phosphoric acid groups is 2. The van der Waals surface area contributed by atoms with Crippen LogP contribution in [-0.4, -0.2) is 59.2 Å². The van der Waals surface area contributed by atoms with Gasteiger partial charge < -0.3 is 29.0 Å². The molecule has 0 saturated carbocycles. The highest BCUT2D eigenvalue weighted by Gasteiger charge is 2.25. The fraction of sp³-hybridized carbons (Fsp3) is 0.778. The summed E-state index contributed by atoms with van der Waals surface area (Å²) < 4.78 is 62.5. The van der Waals surface area contributed by atoms with Crippen molar-refractivity contribution in [1.82, 2.24) is 5.54 Å². The van der Waals surface area contributed by atoms with E-state index in [4.69, 9.17) is 14.7 Å². The lowest BCUT2D eigenvalue weighted by atomic mass is 10.2. The Bertz CT molecular complexity index is 623. The number of nitrogens with one attached hydrogen (secondary N) is 1.